The highest BCUT2D eigenvalue weighted by Crippen LogP contribution is 2.32. The molecule has 3 amide bonds. The van der Waals surface area contributed by atoms with E-state index in [1.807, 2.05) is 32.0 Å². The van der Waals surface area contributed by atoms with Crippen LogP contribution in [0, 0.1) is 39.2 Å². The average molecular weight is 729 g/mol. The van der Waals surface area contributed by atoms with E-state index in [1.54, 1.807) is 28.1 Å². The zero-order chi connectivity index (χ0) is 38.6. The van der Waals surface area contributed by atoms with Crippen molar-refractivity contribution in [1.82, 2.24) is 10.6 Å². The standard InChI is InChI=1S/C35H60N4O12/c1-23(2)26(18-25-10-11-30(47-8)31(19-25)49-13-9-12-46-7)20-28(38-34(43)50-16-14-48-15-17-51-39(44)45)29(40)21-27(24(3)4)32(41)37-22-35(5,6)33(36)42/h10-11,19,23-24,26-29,40H,9,12-18,20-22H2,1-8H3,(H2,36,42)(H,37,41)(H,38,43). The maximum atomic E-state index is 13.3. The fourth-order valence-electron chi connectivity index (χ4n) is 5.17. The fourth-order valence-corrected chi connectivity index (χ4v) is 5.17. The van der Waals surface area contributed by atoms with Gasteiger partial charge in [-0.25, -0.2) is 4.79 Å². The third-order valence-corrected chi connectivity index (χ3v) is 8.64. The number of amides is 3. The first-order chi connectivity index (χ1) is 24.0. The molecule has 0 radical (unpaired) electrons. The van der Waals surface area contributed by atoms with Crippen LogP contribution in [0.2, 0.25) is 0 Å². The van der Waals surface area contributed by atoms with Gasteiger partial charge >= 0.3 is 6.09 Å². The Kier molecular flexibility index (Phi) is 20.8. The first-order valence-corrected chi connectivity index (χ1v) is 17.3. The highest BCUT2D eigenvalue weighted by atomic mass is 17.0. The van der Waals surface area contributed by atoms with E-state index in [2.05, 4.69) is 29.3 Å². The van der Waals surface area contributed by atoms with Crippen LogP contribution < -0.4 is 25.8 Å². The molecule has 0 spiro atoms. The molecular weight excluding hydrogens is 668 g/mol. The summed E-state index contributed by atoms with van der Waals surface area (Å²) in [5, 5.41) is 26.6. The smallest absolute Gasteiger partial charge is 0.407 e. The Hall–Kier alpha value is -3.89. The van der Waals surface area contributed by atoms with Gasteiger partial charge in [0.25, 0.3) is 5.09 Å². The number of alkyl carbamates (subject to hydrolysis) is 1. The fraction of sp³-hybridized carbons (Fsp3) is 0.743. The van der Waals surface area contributed by atoms with Gasteiger partial charge in [-0.1, -0.05) is 33.8 Å². The normalized spacial score (nSPS) is 13.9. The molecule has 0 aliphatic rings. The van der Waals surface area contributed by atoms with E-state index >= 15 is 0 Å². The van der Waals surface area contributed by atoms with Gasteiger partial charge in [0.15, 0.2) is 11.5 Å². The molecule has 1 rings (SSSR count). The lowest BCUT2D eigenvalue weighted by atomic mass is 9.80. The Labute approximate surface area is 301 Å². The summed E-state index contributed by atoms with van der Waals surface area (Å²) in [7, 11) is 3.21. The Morgan fingerprint density at radius 1 is 0.961 bits per heavy atom. The van der Waals surface area contributed by atoms with Crippen LogP contribution in [0.4, 0.5) is 4.79 Å². The second-order valence-corrected chi connectivity index (χ2v) is 13.8. The summed E-state index contributed by atoms with van der Waals surface area (Å²) in [6.45, 7) is 11.7. The lowest BCUT2D eigenvalue weighted by Crippen LogP contribution is -2.49. The molecule has 0 fully saturated rings. The highest BCUT2D eigenvalue weighted by molar-refractivity contribution is 5.83. The minimum Gasteiger partial charge on any atom is -0.493 e. The van der Waals surface area contributed by atoms with Crippen molar-refractivity contribution in [1.29, 1.82) is 0 Å². The molecule has 0 aromatic heterocycles. The zero-order valence-corrected chi connectivity index (χ0v) is 31.4. The molecule has 4 atom stereocenters. The van der Waals surface area contributed by atoms with Crippen molar-refractivity contribution in [2.45, 2.75) is 79.4 Å². The van der Waals surface area contributed by atoms with Crippen LogP contribution in [0.5, 0.6) is 11.5 Å². The monoisotopic (exact) mass is 728 g/mol. The zero-order valence-electron chi connectivity index (χ0n) is 31.4. The number of ether oxygens (including phenoxy) is 5. The summed E-state index contributed by atoms with van der Waals surface area (Å²) < 4.78 is 27.1. The molecule has 16 nitrogen and oxygen atoms in total. The predicted molar refractivity (Wildman–Crippen MR) is 189 cm³/mol. The first kappa shape index (κ1) is 45.1. The molecule has 0 saturated heterocycles. The third kappa shape index (κ3) is 17.7. The Bertz CT molecular complexity index is 1210. The second-order valence-electron chi connectivity index (χ2n) is 13.8. The molecule has 0 saturated carbocycles. The van der Waals surface area contributed by atoms with Gasteiger partial charge in [-0.15, -0.1) is 10.1 Å². The number of aliphatic hydroxyl groups is 1. The molecule has 292 valence electrons. The number of aliphatic hydroxyl groups excluding tert-OH is 1. The van der Waals surface area contributed by atoms with Gasteiger partial charge in [0.2, 0.25) is 11.8 Å². The number of carbonyl (C=O) groups is 3. The second kappa shape index (κ2) is 23.6. The molecule has 0 heterocycles. The van der Waals surface area contributed by atoms with Gasteiger partial charge in [0.05, 0.1) is 44.5 Å². The summed E-state index contributed by atoms with van der Waals surface area (Å²) in [4.78, 5) is 52.5. The van der Waals surface area contributed by atoms with Crippen LogP contribution >= 0.6 is 0 Å². The third-order valence-electron chi connectivity index (χ3n) is 8.64. The van der Waals surface area contributed by atoms with Crippen LogP contribution in [0.1, 0.15) is 66.4 Å². The van der Waals surface area contributed by atoms with Gasteiger partial charge in [-0.2, -0.15) is 0 Å². The number of rotatable bonds is 27. The minimum absolute atomic E-state index is 0.0256. The quantitative estimate of drug-likeness (QED) is 0.0583. The SMILES string of the molecule is COCCCOc1cc(CC(CC(NC(=O)OCCOCCO[N+](=O)[O-])C(O)CC(C(=O)NCC(C)(C)C(N)=O)C(C)C)C(C)C)ccc1OC. The van der Waals surface area contributed by atoms with E-state index in [1.165, 1.54) is 0 Å². The van der Waals surface area contributed by atoms with Crippen LogP contribution in [-0.2, 0) is 35.1 Å². The summed E-state index contributed by atoms with van der Waals surface area (Å²) in [5.41, 5.74) is 5.49. The largest absolute Gasteiger partial charge is 0.493 e. The first-order valence-electron chi connectivity index (χ1n) is 17.3. The maximum absolute atomic E-state index is 13.3. The summed E-state index contributed by atoms with van der Waals surface area (Å²) >= 11 is 0. The van der Waals surface area contributed by atoms with Gasteiger partial charge in [0.1, 0.15) is 13.2 Å². The van der Waals surface area contributed by atoms with Gasteiger partial charge < -0.3 is 50.0 Å². The van der Waals surface area contributed by atoms with Crippen LogP contribution in [0.25, 0.3) is 0 Å². The number of methoxy groups -OCH3 is 2. The number of benzene rings is 1. The number of hydrogen-bond acceptors (Lipinski definition) is 12. The van der Waals surface area contributed by atoms with Crippen molar-refractivity contribution in [2.75, 3.05) is 60.4 Å². The molecule has 16 heteroatoms. The lowest BCUT2D eigenvalue weighted by Gasteiger charge is -2.32. The molecule has 0 aliphatic carbocycles. The molecule has 0 aliphatic heterocycles. The summed E-state index contributed by atoms with van der Waals surface area (Å²) in [6.07, 6.45) is -0.270. The van der Waals surface area contributed by atoms with E-state index in [-0.39, 0.29) is 63.1 Å². The van der Waals surface area contributed by atoms with E-state index in [9.17, 15) is 29.6 Å². The Morgan fingerprint density at radius 2 is 1.65 bits per heavy atom. The van der Waals surface area contributed by atoms with Crippen molar-refractivity contribution < 1.29 is 53.1 Å². The molecule has 1 aromatic carbocycles. The molecule has 1 aromatic rings. The van der Waals surface area contributed by atoms with E-state index in [0.29, 0.717) is 44.0 Å². The summed E-state index contributed by atoms with van der Waals surface area (Å²) in [6, 6.07) is 4.92. The number of carbonyl (C=O) groups excluding carboxylic acids is 3. The van der Waals surface area contributed by atoms with Gasteiger partial charge in [0, 0.05) is 32.6 Å². The van der Waals surface area contributed by atoms with Crippen molar-refractivity contribution in [2.24, 2.45) is 34.8 Å². The number of nitrogens with one attached hydrogen (secondary N) is 2. The topological polar surface area (TPSA) is 220 Å². The van der Waals surface area contributed by atoms with Crippen molar-refractivity contribution in [3.8, 4) is 11.5 Å². The minimum atomic E-state index is -1.15. The Balaban J connectivity index is 3.18. The van der Waals surface area contributed by atoms with Crippen molar-refractivity contribution >= 4 is 17.9 Å². The number of nitrogens with two attached hydrogens (primary N) is 1. The number of primary amides is 1. The maximum Gasteiger partial charge on any atom is 0.407 e. The molecular formula is C35H60N4O12. The number of hydrogen-bond donors (Lipinski definition) is 4. The van der Waals surface area contributed by atoms with Crippen LogP contribution in [-0.4, -0.2) is 101 Å². The Morgan fingerprint density at radius 3 is 2.24 bits per heavy atom. The van der Waals surface area contributed by atoms with Gasteiger partial charge in [-0.3, -0.25) is 9.59 Å². The number of nitrogens with zero attached hydrogens (tertiary/aromatic N) is 1. The van der Waals surface area contributed by atoms with Crippen LogP contribution in [0.3, 0.4) is 0 Å². The molecule has 5 N–H and O–H groups in total. The summed E-state index contributed by atoms with van der Waals surface area (Å²) in [5.74, 6) is -0.421. The van der Waals surface area contributed by atoms with Crippen molar-refractivity contribution in [3.05, 3.63) is 33.9 Å². The van der Waals surface area contributed by atoms with E-state index in [4.69, 9.17) is 29.4 Å². The average Bonchev–Trinajstić information content (AvgIpc) is 3.06. The molecule has 4 unspecified atom stereocenters. The lowest BCUT2D eigenvalue weighted by molar-refractivity contribution is -0.758. The predicted octanol–water partition coefficient (Wildman–Crippen LogP) is 3.29. The molecule has 0 bridgehead atoms. The highest BCUT2D eigenvalue weighted by Gasteiger charge is 2.34. The van der Waals surface area contributed by atoms with E-state index in [0.717, 1.165) is 5.56 Å². The molecule has 51 heavy (non-hydrogen) atoms. The van der Waals surface area contributed by atoms with Crippen LogP contribution in [0.15, 0.2) is 18.2 Å². The van der Waals surface area contributed by atoms with Crippen molar-refractivity contribution in [3.63, 3.8) is 0 Å². The van der Waals surface area contributed by atoms with E-state index < -0.39 is 40.6 Å². The van der Waals surface area contributed by atoms with Gasteiger partial charge in [-0.05, 0) is 68.6 Å².